The van der Waals surface area contributed by atoms with Gasteiger partial charge in [-0.2, -0.15) is 0 Å². The minimum Gasteiger partial charge on any atom is -0.444 e. The zero-order valence-corrected chi connectivity index (χ0v) is 18.2. The molecule has 0 saturated carbocycles. The highest BCUT2D eigenvalue weighted by atomic mass is 16.6. The van der Waals surface area contributed by atoms with Crippen molar-refractivity contribution in [1.29, 1.82) is 0 Å². The SMILES string of the molecule is CN(C1CCOCC1)C1CCN(c2ccc(N)c(NC(=O)OC(C)(C)C)c2)CC1. The maximum atomic E-state index is 12.1. The lowest BCUT2D eigenvalue weighted by atomic mass is 9.98. The quantitative estimate of drug-likeness (QED) is 0.745. The molecule has 0 spiro atoms. The Morgan fingerprint density at radius 3 is 2.41 bits per heavy atom. The average molecular weight is 405 g/mol. The second-order valence-electron chi connectivity index (χ2n) is 9.13. The van der Waals surface area contributed by atoms with Gasteiger partial charge in [-0.25, -0.2) is 4.79 Å². The van der Waals surface area contributed by atoms with Crippen LogP contribution in [0.2, 0.25) is 0 Å². The van der Waals surface area contributed by atoms with Gasteiger partial charge in [0.05, 0.1) is 11.4 Å². The molecular formula is C22H36N4O3. The predicted octanol–water partition coefficient (Wildman–Crippen LogP) is 3.70. The first-order valence-electron chi connectivity index (χ1n) is 10.7. The Bertz CT molecular complexity index is 690. The van der Waals surface area contributed by atoms with Crippen LogP contribution in [0, 0.1) is 0 Å². The first-order chi connectivity index (χ1) is 13.7. The molecule has 2 saturated heterocycles. The summed E-state index contributed by atoms with van der Waals surface area (Å²) in [5.74, 6) is 0. The Labute approximate surface area is 174 Å². The molecule has 7 heteroatoms. The summed E-state index contributed by atoms with van der Waals surface area (Å²) in [6.07, 6.45) is 4.04. The summed E-state index contributed by atoms with van der Waals surface area (Å²) in [7, 11) is 2.27. The topological polar surface area (TPSA) is 80.1 Å². The first kappa shape index (κ1) is 21.7. The van der Waals surface area contributed by atoms with Gasteiger partial charge in [0.1, 0.15) is 5.60 Å². The summed E-state index contributed by atoms with van der Waals surface area (Å²) in [6, 6.07) is 7.08. The van der Waals surface area contributed by atoms with Gasteiger partial charge in [-0.1, -0.05) is 0 Å². The van der Waals surface area contributed by atoms with E-state index in [1.54, 1.807) is 0 Å². The van der Waals surface area contributed by atoms with Crippen LogP contribution in [-0.4, -0.2) is 62.0 Å². The fourth-order valence-electron chi connectivity index (χ4n) is 4.18. The predicted molar refractivity (Wildman–Crippen MR) is 118 cm³/mol. The lowest BCUT2D eigenvalue weighted by Crippen LogP contribution is -2.48. The number of carbonyl (C=O) groups excluding carboxylic acids is 1. The molecule has 2 fully saturated rings. The van der Waals surface area contributed by atoms with Gasteiger partial charge in [0.2, 0.25) is 0 Å². The van der Waals surface area contributed by atoms with Crippen LogP contribution < -0.4 is 16.0 Å². The smallest absolute Gasteiger partial charge is 0.412 e. The summed E-state index contributed by atoms with van der Waals surface area (Å²) in [6.45, 7) is 9.27. The summed E-state index contributed by atoms with van der Waals surface area (Å²) < 4.78 is 10.8. The van der Waals surface area contributed by atoms with Crippen LogP contribution in [0.5, 0.6) is 0 Å². The third-order valence-corrected chi connectivity index (χ3v) is 5.84. The number of carbonyl (C=O) groups is 1. The number of nitrogen functional groups attached to an aromatic ring is 1. The molecule has 0 aromatic heterocycles. The molecule has 0 radical (unpaired) electrons. The number of amides is 1. The van der Waals surface area contributed by atoms with Gasteiger partial charge in [-0.15, -0.1) is 0 Å². The molecule has 1 aromatic rings. The van der Waals surface area contributed by atoms with Crippen LogP contribution in [0.15, 0.2) is 18.2 Å². The van der Waals surface area contributed by atoms with Crippen molar-refractivity contribution >= 4 is 23.2 Å². The van der Waals surface area contributed by atoms with Crippen molar-refractivity contribution in [3.63, 3.8) is 0 Å². The Morgan fingerprint density at radius 2 is 1.79 bits per heavy atom. The van der Waals surface area contributed by atoms with E-state index in [4.69, 9.17) is 15.2 Å². The van der Waals surface area contributed by atoms with Crippen molar-refractivity contribution < 1.29 is 14.3 Å². The largest absolute Gasteiger partial charge is 0.444 e. The highest BCUT2D eigenvalue weighted by Gasteiger charge is 2.28. The molecule has 29 heavy (non-hydrogen) atoms. The van der Waals surface area contributed by atoms with E-state index >= 15 is 0 Å². The van der Waals surface area contributed by atoms with Crippen molar-refractivity contribution in [2.75, 3.05) is 49.3 Å². The van der Waals surface area contributed by atoms with Crippen LogP contribution in [0.1, 0.15) is 46.5 Å². The molecule has 2 aliphatic heterocycles. The van der Waals surface area contributed by atoms with E-state index in [2.05, 4.69) is 22.2 Å². The van der Waals surface area contributed by atoms with Gasteiger partial charge in [-0.05, 0) is 71.7 Å². The zero-order chi connectivity index (χ0) is 21.0. The molecule has 0 aliphatic carbocycles. The van der Waals surface area contributed by atoms with E-state index < -0.39 is 11.7 Å². The Morgan fingerprint density at radius 1 is 1.17 bits per heavy atom. The molecule has 1 aromatic carbocycles. The Balaban J connectivity index is 1.58. The number of anilines is 3. The number of hydrogen-bond donors (Lipinski definition) is 2. The van der Waals surface area contributed by atoms with E-state index in [0.717, 1.165) is 57.7 Å². The average Bonchev–Trinajstić information content (AvgIpc) is 2.68. The van der Waals surface area contributed by atoms with E-state index in [1.807, 2.05) is 39.0 Å². The molecule has 3 N–H and O–H groups in total. The lowest BCUT2D eigenvalue weighted by molar-refractivity contribution is 0.0244. The first-order valence-corrected chi connectivity index (χ1v) is 10.7. The molecule has 0 bridgehead atoms. The van der Waals surface area contributed by atoms with Gasteiger partial charge >= 0.3 is 6.09 Å². The summed E-state index contributed by atoms with van der Waals surface area (Å²) in [5.41, 5.74) is 7.74. The number of nitrogens with one attached hydrogen (secondary N) is 1. The fraction of sp³-hybridized carbons (Fsp3) is 0.682. The zero-order valence-electron chi connectivity index (χ0n) is 18.2. The number of rotatable bonds is 4. The number of benzene rings is 1. The Kier molecular flexibility index (Phi) is 6.90. The van der Waals surface area contributed by atoms with Crippen molar-refractivity contribution in [3.8, 4) is 0 Å². The molecule has 2 heterocycles. The molecular weight excluding hydrogens is 368 g/mol. The number of ether oxygens (including phenoxy) is 2. The third kappa shape index (κ3) is 6.00. The highest BCUT2D eigenvalue weighted by Crippen LogP contribution is 2.30. The highest BCUT2D eigenvalue weighted by molar-refractivity contribution is 5.90. The van der Waals surface area contributed by atoms with Crippen LogP contribution in [0.25, 0.3) is 0 Å². The third-order valence-electron chi connectivity index (χ3n) is 5.84. The molecule has 0 unspecified atom stereocenters. The standard InChI is InChI=1S/C22H36N4O3/c1-22(2,3)29-21(27)24-20-15-18(5-6-19(20)23)26-11-7-16(8-12-26)25(4)17-9-13-28-14-10-17/h5-6,15-17H,7-14,23H2,1-4H3,(H,24,27). The molecule has 2 aliphatic rings. The summed E-state index contributed by atoms with van der Waals surface area (Å²) >= 11 is 0. The lowest BCUT2D eigenvalue weighted by Gasteiger charge is -2.42. The molecule has 1 amide bonds. The van der Waals surface area contributed by atoms with Crippen molar-refractivity contribution in [1.82, 2.24) is 4.90 Å². The van der Waals surface area contributed by atoms with Gasteiger partial charge in [-0.3, -0.25) is 5.32 Å². The van der Waals surface area contributed by atoms with Gasteiger partial charge in [0, 0.05) is 44.1 Å². The van der Waals surface area contributed by atoms with Crippen molar-refractivity contribution in [2.45, 2.75) is 64.1 Å². The normalized spacial score (nSPS) is 19.4. The van der Waals surface area contributed by atoms with Gasteiger partial charge < -0.3 is 25.0 Å². The van der Waals surface area contributed by atoms with Crippen LogP contribution >= 0.6 is 0 Å². The number of piperidine rings is 1. The van der Waals surface area contributed by atoms with Gasteiger partial charge in [0.15, 0.2) is 0 Å². The minimum atomic E-state index is -0.547. The van der Waals surface area contributed by atoms with Crippen LogP contribution in [0.4, 0.5) is 21.9 Å². The van der Waals surface area contributed by atoms with Crippen LogP contribution in [-0.2, 0) is 9.47 Å². The second kappa shape index (κ2) is 9.22. The fourth-order valence-corrected chi connectivity index (χ4v) is 4.18. The van der Waals surface area contributed by atoms with Crippen LogP contribution in [0.3, 0.4) is 0 Å². The van der Waals surface area contributed by atoms with Crippen molar-refractivity contribution in [3.05, 3.63) is 18.2 Å². The second-order valence-corrected chi connectivity index (χ2v) is 9.13. The number of hydrogen-bond acceptors (Lipinski definition) is 6. The van der Waals surface area contributed by atoms with E-state index in [0.29, 0.717) is 23.5 Å². The van der Waals surface area contributed by atoms with Gasteiger partial charge in [0.25, 0.3) is 0 Å². The maximum Gasteiger partial charge on any atom is 0.412 e. The molecule has 162 valence electrons. The monoisotopic (exact) mass is 404 g/mol. The number of nitrogens with zero attached hydrogens (tertiary/aromatic N) is 2. The Hall–Kier alpha value is -1.99. The van der Waals surface area contributed by atoms with Crippen molar-refractivity contribution in [2.24, 2.45) is 0 Å². The summed E-state index contributed by atoms with van der Waals surface area (Å²) in [5, 5.41) is 2.78. The molecule has 3 rings (SSSR count). The van der Waals surface area contributed by atoms with E-state index in [-0.39, 0.29) is 0 Å². The summed E-state index contributed by atoms with van der Waals surface area (Å²) in [4.78, 5) is 17.1. The molecule has 0 atom stereocenters. The maximum absolute atomic E-state index is 12.1. The number of nitrogens with two attached hydrogens (primary N) is 1. The van der Waals surface area contributed by atoms with E-state index in [1.165, 1.54) is 0 Å². The van der Waals surface area contributed by atoms with E-state index in [9.17, 15) is 4.79 Å². The molecule has 7 nitrogen and oxygen atoms in total. The minimum absolute atomic E-state index is 0.488.